The molecule has 0 saturated heterocycles. The smallest absolute Gasteiger partial charge is 0.191 e. The number of halogens is 1. The van der Waals surface area contributed by atoms with Crippen LogP contribution in [0.15, 0.2) is 52.8 Å². The topological polar surface area (TPSA) is 45.7 Å². The fraction of sp³-hybridized carbons (Fsp3) is 0.353. The number of methoxy groups -OCH3 is 1. The maximum Gasteiger partial charge on any atom is 0.191 e. The van der Waals surface area contributed by atoms with Crippen molar-refractivity contribution in [3.63, 3.8) is 0 Å². The van der Waals surface area contributed by atoms with Gasteiger partial charge in [0.2, 0.25) is 0 Å². The maximum atomic E-state index is 5.57. The van der Waals surface area contributed by atoms with E-state index in [0.29, 0.717) is 13.1 Å². The fourth-order valence-electron chi connectivity index (χ4n) is 2.10. The first-order valence-corrected chi connectivity index (χ1v) is 8.33. The van der Waals surface area contributed by atoms with Crippen LogP contribution in [0, 0.1) is 0 Å². The molecule has 0 bridgehead atoms. The Bertz CT molecular complexity index is 560. The Hall–Kier alpha value is -1.12. The van der Waals surface area contributed by atoms with E-state index in [1.54, 1.807) is 18.4 Å². The molecule has 0 amide bonds. The lowest BCUT2D eigenvalue weighted by Gasteiger charge is -2.18. The van der Waals surface area contributed by atoms with Gasteiger partial charge in [0.05, 0.1) is 12.6 Å². The molecule has 2 aromatic rings. The first-order valence-electron chi connectivity index (χ1n) is 7.45. The van der Waals surface area contributed by atoms with Crippen LogP contribution in [0.3, 0.4) is 0 Å². The minimum Gasteiger partial charge on any atom is -0.375 e. The van der Waals surface area contributed by atoms with Gasteiger partial charge in [-0.25, -0.2) is 4.99 Å². The van der Waals surface area contributed by atoms with Crippen molar-refractivity contribution in [1.82, 2.24) is 10.6 Å². The Balaban J connectivity index is 0.00000264. The van der Waals surface area contributed by atoms with E-state index in [4.69, 9.17) is 4.74 Å². The number of thiophene rings is 1. The molecule has 0 aliphatic heterocycles. The zero-order valence-corrected chi connectivity index (χ0v) is 16.6. The predicted octanol–water partition coefficient (Wildman–Crippen LogP) is 3.81. The van der Waals surface area contributed by atoms with Crippen LogP contribution in [-0.2, 0) is 11.3 Å². The number of rotatable bonds is 7. The summed E-state index contributed by atoms with van der Waals surface area (Å²) in [5.74, 6) is 0.814. The molecular weight excluding hydrogens is 421 g/mol. The molecule has 1 aromatic heterocycles. The number of guanidine groups is 1. The van der Waals surface area contributed by atoms with Crippen LogP contribution in [0.5, 0.6) is 0 Å². The van der Waals surface area contributed by atoms with Gasteiger partial charge in [0.1, 0.15) is 0 Å². The van der Waals surface area contributed by atoms with Crippen molar-refractivity contribution < 1.29 is 4.74 Å². The first kappa shape index (κ1) is 19.9. The largest absolute Gasteiger partial charge is 0.375 e. The summed E-state index contributed by atoms with van der Waals surface area (Å²) in [6.45, 7) is 4.26. The van der Waals surface area contributed by atoms with Gasteiger partial charge in [0.15, 0.2) is 5.96 Å². The van der Waals surface area contributed by atoms with Gasteiger partial charge in [-0.3, -0.25) is 0 Å². The first-order chi connectivity index (χ1) is 10.8. The lowest BCUT2D eigenvalue weighted by atomic mass is 10.1. The highest BCUT2D eigenvalue weighted by atomic mass is 127. The van der Waals surface area contributed by atoms with Crippen molar-refractivity contribution in [3.8, 4) is 0 Å². The van der Waals surface area contributed by atoms with Crippen LogP contribution in [0.1, 0.15) is 23.5 Å². The van der Waals surface area contributed by atoms with E-state index in [1.165, 1.54) is 4.88 Å². The van der Waals surface area contributed by atoms with Crippen molar-refractivity contribution >= 4 is 41.3 Å². The lowest BCUT2D eigenvalue weighted by molar-refractivity contribution is 0.106. The number of nitrogens with zero attached hydrogens (tertiary/aromatic N) is 1. The quantitative estimate of drug-likeness (QED) is 0.387. The number of nitrogens with one attached hydrogen (secondary N) is 2. The van der Waals surface area contributed by atoms with Crippen molar-refractivity contribution in [2.75, 3.05) is 20.2 Å². The zero-order valence-electron chi connectivity index (χ0n) is 13.5. The molecule has 23 heavy (non-hydrogen) atoms. The molecule has 1 heterocycles. The SMILES string of the molecule is CCNC(=NCc1cccs1)NCC(OC)c1ccccc1.I. The number of ether oxygens (including phenoxy) is 1. The molecule has 1 aromatic carbocycles. The van der Waals surface area contributed by atoms with Gasteiger partial charge >= 0.3 is 0 Å². The predicted molar refractivity (Wildman–Crippen MR) is 109 cm³/mol. The molecule has 0 saturated carbocycles. The number of hydrogen-bond donors (Lipinski definition) is 2. The summed E-state index contributed by atoms with van der Waals surface area (Å²) in [5, 5.41) is 8.69. The highest BCUT2D eigenvalue weighted by Crippen LogP contribution is 2.15. The van der Waals surface area contributed by atoms with E-state index >= 15 is 0 Å². The molecule has 0 spiro atoms. The normalized spacial score (nSPS) is 12.3. The molecule has 2 rings (SSSR count). The molecule has 1 atom stereocenters. The second-order valence-corrected chi connectivity index (χ2v) is 5.82. The molecule has 0 fully saturated rings. The molecule has 0 aliphatic rings. The van der Waals surface area contributed by atoms with Crippen molar-refractivity contribution in [3.05, 3.63) is 58.3 Å². The van der Waals surface area contributed by atoms with Gasteiger partial charge in [-0.2, -0.15) is 0 Å². The van der Waals surface area contributed by atoms with Crippen LogP contribution < -0.4 is 10.6 Å². The third kappa shape index (κ3) is 6.88. The van der Waals surface area contributed by atoms with Gasteiger partial charge in [0, 0.05) is 25.1 Å². The van der Waals surface area contributed by atoms with Crippen LogP contribution in [0.25, 0.3) is 0 Å². The molecular formula is C17H24IN3OS. The van der Waals surface area contributed by atoms with Crippen molar-refractivity contribution in [2.45, 2.75) is 19.6 Å². The van der Waals surface area contributed by atoms with Crippen molar-refractivity contribution in [1.29, 1.82) is 0 Å². The summed E-state index contributed by atoms with van der Waals surface area (Å²) >= 11 is 1.72. The summed E-state index contributed by atoms with van der Waals surface area (Å²) in [5.41, 5.74) is 1.16. The minimum absolute atomic E-state index is 0. The molecule has 4 nitrogen and oxygen atoms in total. The molecule has 6 heteroatoms. The molecule has 0 aliphatic carbocycles. The van der Waals surface area contributed by atoms with Crippen LogP contribution >= 0.6 is 35.3 Å². The third-order valence-electron chi connectivity index (χ3n) is 3.23. The summed E-state index contributed by atoms with van der Waals surface area (Å²) in [6, 6.07) is 14.4. The van der Waals surface area contributed by atoms with Crippen LogP contribution in [0.4, 0.5) is 0 Å². The van der Waals surface area contributed by atoms with Gasteiger partial charge in [-0.1, -0.05) is 36.4 Å². The van der Waals surface area contributed by atoms with Gasteiger partial charge < -0.3 is 15.4 Å². The Morgan fingerprint density at radius 1 is 1.17 bits per heavy atom. The van der Waals surface area contributed by atoms with E-state index in [1.807, 2.05) is 24.3 Å². The molecule has 126 valence electrons. The van der Waals surface area contributed by atoms with Crippen molar-refractivity contribution in [2.24, 2.45) is 4.99 Å². The Labute approximate surface area is 159 Å². The van der Waals surface area contributed by atoms with Gasteiger partial charge in [-0.15, -0.1) is 35.3 Å². The van der Waals surface area contributed by atoms with E-state index in [0.717, 1.165) is 18.1 Å². The lowest BCUT2D eigenvalue weighted by Crippen LogP contribution is -2.39. The number of benzene rings is 1. The monoisotopic (exact) mass is 445 g/mol. The number of hydrogen-bond acceptors (Lipinski definition) is 3. The summed E-state index contributed by atoms with van der Waals surface area (Å²) in [6.07, 6.45) is 0.00629. The molecule has 0 radical (unpaired) electrons. The average Bonchev–Trinajstić information content (AvgIpc) is 3.07. The van der Waals surface area contributed by atoms with Gasteiger partial charge in [0.25, 0.3) is 0 Å². The van der Waals surface area contributed by atoms with Gasteiger partial charge in [-0.05, 0) is 23.9 Å². The van der Waals surface area contributed by atoms with E-state index < -0.39 is 0 Å². The van der Waals surface area contributed by atoms with E-state index in [2.05, 4.69) is 46.1 Å². The Morgan fingerprint density at radius 3 is 2.57 bits per heavy atom. The molecule has 1 unspecified atom stereocenters. The zero-order chi connectivity index (χ0) is 15.6. The van der Waals surface area contributed by atoms with E-state index in [9.17, 15) is 0 Å². The second kappa shape index (κ2) is 11.4. The standard InChI is InChI=1S/C17H23N3OS.HI/c1-3-18-17(19-12-15-10-7-11-22-15)20-13-16(21-2)14-8-5-4-6-9-14;/h4-11,16H,3,12-13H2,1-2H3,(H2,18,19,20);1H. The summed E-state index contributed by atoms with van der Waals surface area (Å²) < 4.78 is 5.57. The minimum atomic E-state index is 0. The fourth-order valence-corrected chi connectivity index (χ4v) is 2.72. The van der Waals surface area contributed by atoms with Crippen LogP contribution in [0.2, 0.25) is 0 Å². The maximum absolute atomic E-state index is 5.57. The summed E-state index contributed by atoms with van der Waals surface area (Å²) in [7, 11) is 1.73. The summed E-state index contributed by atoms with van der Waals surface area (Å²) in [4.78, 5) is 5.86. The van der Waals surface area contributed by atoms with Crippen LogP contribution in [-0.4, -0.2) is 26.2 Å². The Kier molecular flexibility index (Phi) is 9.89. The Morgan fingerprint density at radius 2 is 1.96 bits per heavy atom. The molecule has 2 N–H and O–H groups in total. The third-order valence-corrected chi connectivity index (χ3v) is 4.09. The highest BCUT2D eigenvalue weighted by Gasteiger charge is 2.10. The highest BCUT2D eigenvalue weighted by molar-refractivity contribution is 14.0. The second-order valence-electron chi connectivity index (χ2n) is 4.79. The van der Waals surface area contributed by atoms with E-state index in [-0.39, 0.29) is 30.1 Å². The average molecular weight is 445 g/mol. The number of aliphatic imine (C=N–C) groups is 1.